The number of rotatable bonds is 5. The van der Waals surface area contributed by atoms with E-state index in [9.17, 15) is 13.5 Å². The maximum absolute atomic E-state index is 11.5. The van der Waals surface area contributed by atoms with E-state index in [1.807, 2.05) is 0 Å². The molecule has 2 N–H and O–H groups in total. The van der Waals surface area contributed by atoms with Crippen LogP contribution in [-0.4, -0.2) is 31.4 Å². The van der Waals surface area contributed by atoms with Crippen molar-refractivity contribution in [1.29, 1.82) is 0 Å². The second kappa shape index (κ2) is 4.42. The van der Waals surface area contributed by atoms with Crippen LogP contribution in [-0.2, 0) is 10.0 Å². The standard InChI is InChI=1S/C9H17NO3S/c1-2-7-14(12,13)10-9(8-11)5-3-4-6-9/h2,10-11H,1,3-8H2. The Hall–Kier alpha value is -0.390. The summed E-state index contributed by atoms with van der Waals surface area (Å²) < 4.78 is 25.5. The predicted molar refractivity (Wildman–Crippen MR) is 55.4 cm³/mol. The minimum Gasteiger partial charge on any atom is -0.394 e. The van der Waals surface area contributed by atoms with Crippen molar-refractivity contribution in [3.63, 3.8) is 0 Å². The maximum Gasteiger partial charge on any atom is 0.215 e. The third-order valence-electron chi connectivity index (χ3n) is 2.57. The molecule has 0 heterocycles. The summed E-state index contributed by atoms with van der Waals surface area (Å²) in [4.78, 5) is 0. The summed E-state index contributed by atoms with van der Waals surface area (Å²) >= 11 is 0. The highest BCUT2D eigenvalue weighted by Crippen LogP contribution is 2.29. The van der Waals surface area contributed by atoms with Gasteiger partial charge in [0.2, 0.25) is 10.0 Å². The Morgan fingerprint density at radius 2 is 2.00 bits per heavy atom. The summed E-state index contributed by atoms with van der Waals surface area (Å²) in [6, 6.07) is 0. The molecule has 0 amide bonds. The van der Waals surface area contributed by atoms with Crippen LogP contribution < -0.4 is 4.72 Å². The van der Waals surface area contributed by atoms with E-state index in [2.05, 4.69) is 11.3 Å². The van der Waals surface area contributed by atoms with E-state index >= 15 is 0 Å². The van der Waals surface area contributed by atoms with E-state index in [-0.39, 0.29) is 12.4 Å². The third-order valence-corrected chi connectivity index (χ3v) is 3.99. The highest BCUT2D eigenvalue weighted by molar-refractivity contribution is 7.89. The van der Waals surface area contributed by atoms with Crippen LogP contribution in [0.15, 0.2) is 12.7 Å². The van der Waals surface area contributed by atoms with Crippen LogP contribution in [0.2, 0.25) is 0 Å². The topological polar surface area (TPSA) is 66.4 Å². The first kappa shape index (κ1) is 11.7. The molecule has 0 atom stereocenters. The van der Waals surface area contributed by atoms with Crippen molar-refractivity contribution in [3.05, 3.63) is 12.7 Å². The highest BCUT2D eigenvalue weighted by Gasteiger charge is 2.36. The molecule has 0 saturated heterocycles. The Bertz CT molecular complexity index is 291. The molecule has 1 fully saturated rings. The van der Waals surface area contributed by atoms with E-state index in [4.69, 9.17) is 0 Å². The molecule has 4 nitrogen and oxygen atoms in total. The molecule has 0 aromatic carbocycles. The zero-order chi connectivity index (χ0) is 10.7. The number of aliphatic hydroxyl groups is 1. The zero-order valence-electron chi connectivity index (χ0n) is 8.20. The fraction of sp³-hybridized carbons (Fsp3) is 0.778. The largest absolute Gasteiger partial charge is 0.394 e. The summed E-state index contributed by atoms with van der Waals surface area (Å²) in [5.41, 5.74) is -0.609. The van der Waals surface area contributed by atoms with Crippen molar-refractivity contribution in [3.8, 4) is 0 Å². The molecule has 1 aliphatic rings. The summed E-state index contributed by atoms with van der Waals surface area (Å²) in [5, 5.41) is 9.20. The SMILES string of the molecule is C=CCS(=O)(=O)NC1(CO)CCCC1. The summed E-state index contributed by atoms with van der Waals surface area (Å²) in [6.07, 6.45) is 4.73. The van der Waals surface area contributed by atoms with Crippen LogP contribution in [0.5, 0.6) is 0 Å². The van der Waals surface area contributed by atoms with Gasteiger partial charge in [-0.3, -0.25) is 0 Å². The van der Waals surface area contributed by atoms with E-state index in [1.54, 1.807) is 0 Å². The van der Waals surface area contributed by atoms with Crippen LogP contribution in [0.4, 0.5) is 0 Å². The summed E-state index contributed by atoms with van der Waals surface area (Å²) in [5.74, 6) is -0.0885. The highest BCUT2D eigenvalue weighted by atomic mass is 32.2. The number of hydrogen-bond acceptors (Lipinski definition) is 3. The van der Waals surface area contributed by atoms with Crippen LogP contribution in [0, 0.1) is 0 Å². The molecule has 0 unspecified atom stereocenters. The monoisotopic (exact) mass is 219 g/mol. The number of aliphatic hydroxyl groups excluding tert-OH is 1. The van der Waals surface area contributed by atoms with Crippen molar-refractivity contribution in [2.45, 2.75) is 31.2 Å². The van der Waals surface area contributed by atoms with Crippen LogP contribution in [0.25, 0.3) is 0 Å². The van der Waals surface area contributed by atoms with Gasteiger partial charge in [0.1, 0.15) is 0 Å². The first-order chi connectivity index (χ1) is 6.54. The van der Waals surface area contributed by atoms with Gasteiger partial charge in [-0.1, -0.05) is 18.9 Å². The molecule has 5 heteroatoms. The first-order valence-electron chi connectivity index (χ1n) is 4.77. The molecule has 0 spiro atoms. The number of nitrogens with one attached hydrogen (secondary N) is 1. The molecule has 1 saturated carbocycles. The molecule has 0 aromatic heterocycles. The van der Waals surface area contributed by atoms with Gasteiger partial charge in [0.15, 0.2) is 0 Å². The van der Waals surface area contributed by atoms with Crippen molar-refractivity contribution in [2.75, 3.05) is 12.4 Å². The average molecular weight is 219 g/mol. The van der Waals surface area contributed by atoms with Gasteiger partial charge in [0.25, 0.3) is 0 Å². The van der Waals surface area contributed by atoms with Gasteiger partial charge < -0.3 is 5.11 Å². The van der Waals surface area contributed by atoms with Crippen LogP contribution in [0.1, 0.15) is 25.7 Å². The molecular weight excluding hydrogens is 202 g/mol. The van der Waals surface area contributed by atoms with Crippen molar-refractivity contribution in [1.82, 2.24) is 4.72 Å². The molecule has 1 rings (SSSR count). The normalized spacial score (nSPS) is 20.9. The molecule has 0 aliphatic heterocycles. The van der Waals surface area contributed by atoms with Crippen LogP contribution >= 0.6 is 0 Å². The van der Waals surface area contributed by atoms with Gasteiger partial charge >= 0.3 is 0 Å². The molecule has 0 aromatic rings. The maximum atomic E-state index is 11.5. The lowest BCUT2D eigenvalue weighted by Gasteiger charge is -2.27. The first-order valence-corrected chi connectivity index (χ1v) is 6.42. The summed E-state index contributed by atoms with van der Waals surface area (Å²) in [7, 11) is -3.31. The Kier molecular flexibility index (Phi) is 3.69. The van der Waals surface area contributed by atoms with Gasteiger partial charge in [-0.05, 0) is 12.8 Å². The van der Waals surface area contributed by atoms with Crippen molar-refractivity contribution < 1.29 is 13.5 Å². The minimum atomic E-state index is -3.31. The van der Waals surface area contributed by atoms with E-state index in [0.717, 1.165) is 25.7 Å². The van der Waals surface area contributed by atoms with E-state index in [0.29, 0.717) is 0 Å². The van der Waals surface area contributed by atoms with Gasteiger partial charge in [-0.2, -0.15) is 0 Å². The second-order valence-corrected chi connectivity index (χ2v) is 5.58. The lowest BCUT2D eigenvalue weighted by molar-refractivity contribution is 0.185. The molecule has 0 bridgehead atoms. The van der Waals surface area contributed by atoms with Gasteiger partial charge in [0.05, 0.1) is 17.9 Å². The lowest BCUT2D eigenvalue weighted by Crippen LogP contribution is -2.49. The Balaban J connectivity index is 2.69. The summed E-state index contributed by atoms with van der Waals surface area (Å²) in [6.45, 7) is 3.27. The molecule has 82 valence electrons. The quantitative estimate of drug-likeness (QED) is 0.658. The second-order valence-electron chi connectivity index (χ2n) is 3.82. The predicted octanol–water partition coefficient (Wildman–Crippen LogP) is 0.397. The zero-order valence-corrected chi connectivity index (χ0v) is 9.02. The molecular formula is C9H17NO3S. The molecule has 14 heavy (non-hydrogen) atoms. The van der Waals surface area contributed by atoms with Gasteiger partial charge in [-0.25, -0.2) is 13.1 Å². The van der Waals surface area contributed by atoms with E-state index in [1.165, 1.54) is 6.08 Å². The molecule has 1 aliphatic carbocycles. The Morgan fingerprint density at radius 3 is 2.43 bits per heavy atom. The van der Waals surface area contributed by atoms with E-state index < -0.39 is 15.6 Å². The fourth-order valence-electron chi connectivity index (χ4n) is 1.87. The minimum absolute atomic E-state index is 0.0885. The van der Waals surface area contributed by atoms with Crippen LogP contribution in [0.3, 0.4) is 0 Å². The van der Waals surface area contributed by atoms with Gasteiger partial charge in [0, 0.05) is 0 Å². The molecule has 0 radical (unpaired) electrons. The number of hydrogen-bond donors (Lipinski definition) is 2. The Labute approximate surface area is 85.1 Å². The third kappa shape index (κ3) is 2.80. The number of sulfonamides is 1. The smallest absolute Gasteiger partial charge is 0.215 e. The Morgan fingerprint density at radius 1 is 1.43 bits per heavy atom. The van der Waals surface area contributed by atoms with Gasteiger partial charge in [-0.15, -0.1) is 6.58 Å². The fourth-order valence-corrected chi connectivity index (χ4v) is 3.19. The van der Waals surface area contributed by atoms with Crippen molar-refractivity contribution >= 4 is 10.0 Å². The average Bonchev–Trinajstić information content (AvgIpc) is 2.53. The van der Waals surface area contributed by atoms with Crippen molar-refractivity contribution in [2.24, 2.45) is 0 Å². The lowest BCUT2D eigenvalue weighted by atomic mass is 10.0.